The highest BCUT2D eigenvalue weighted by Crippen LogP contribution is 2.20. The van der Waals surface area contributed by atoms with Gasteiger partial charge in [0.1, 0.15) is 0 Å². The van der Waals surface area contributed by atoms with Crippen LogP contribution in [0.25, 0.3) is 0 Å². The van der Waals surface area contributed by atoms with Crippen LogP contribution in [0.1, 0.15) is 17.3 Å². The molecule has 10 heteroatoms. The minimum Gasteiger partial charge on any atom is -0.333 e. The lowest BCUT2D eigenvalue weighted by atomic mass is 10.1. The summed E-state index contributed by atoms with van der Waals surface area (Å²) in [7, 11) is -4.12. The van der Waals surface area contributed by atoms with E-state index >= 15 is 0 Å². The third kappa shape index (κ3) is 4.78. The van der Waals surface area contributed by atoms with Gasteiger partial charge in [0.25, 0.3) is 15.9 Å². The Morgan fingerprint density at radius 3 is 2.61 bits per heavy atom. The molecule has 0 unspecified atom stereocenters. The second-order valence-electron chi connectivity index (χ2n) is 6.31. The summed E-state index contributed by atoms with van der Waals surface area (Å²) in [6.45, 7) is 3.87. The molecule has 1 heterocycles. The summed E-state index contributed by atoms with van der Waals surface area (Å²) in [6.07, 6.45) is 0. The number of piperazine rings is 1. The van der Waals surface area contributed by atoms with Crippen LogP contribution in [0, 0.1) is 11.6 Å². The van der Waals surface area contributed by atoms with E-state index in [2.05, 4.69) is 10.0 Å². The lowest BCUT2D eigenvalue weighted by Crippen LogP contribution is -2.52. The molecule has 1 aliphatic rings. The van der Waals surface area contributed by atoms with Gasteiger partial charge in [-0.25, -0.2) is 17.2 Å². The van der Waals surface area contributed by atoms with Gasteiger partial charge in [0.15, 0.2) is 11.6 Å². The fourth-order valence-corrected chi connectivity index (χ4v) is 3.94. The Hall–Kier alpha value is -2.23. The van der Waals surface area contributed by atoms with Gasteiger partial charge in [-0.3, -0.25) is 9.52 Å². The van der Waals surface area contributed by atoms with Gasteiger partial charge in [-0.2, -0.15) is 0 Å². The Kier molecular flexibility index (Phi) is 6.97. The molecule has 1 fully saturated rings. The second kappa shape index (κ2) is 8.85. The Balaban J connectivity index is 0.00000280. The van der Waals surface area contributed by atoms with E-state index in [4.69, 9.17) is 0 Å². The van der Waals surface area contributed by atoms with Gasteiger partial charge in [-0.1, -0.05) is 6.07 Å². The van der Waals surface area contributed by atoms with E-state index in [1.807, 2.05) is 6.92 Å². The van der Waals surface area contributed by atoms with Crippen LogP contribution in [-0.4, -0.2) is 44.9 Å². The molecule has 2 aromatic rings. The Morgan fingerprint density at radius 2 is 1.93 bits per heavy atom. The molecule has 2 aromatic carbocycles. The zero-order chi connectivity index (χ0) is 19.6. The van der Waals surface area contributed by atoms with E-state index in [0.717, 1.165) is 12.1 Å². The summed E-state index contributed by atoms with van der Waals surface area (Å²) in [6, 6.07) is 8.41. The fraction of sp³-hybridized carbons (Fsp3) is 0.278. The van der Waals surface area contributed by atoms with Crippen molar-refractivity contribution in [2.45, 2.75) is 17.9 Å². The van der Waals surface area contributed by atoms with Crippen LogP contribution in [-0.2, 0) is 10.0 Å². The highest BCUT2D eigenvalue weighted by molar-refractivity contribution is 7.92. The summed E-state index contributed by atoms with van der Waals surface area (Å²) < 4.78 is 53.4. The molecule has 1 aliphatic heterocycles. The molecular formula is C18H20ClF2N3O3S. The van der Waals surface area contributed by atoms with E-state index in [0.29, 0.717) is 31.3 Å². The highest BCUT2D eigenvalue weighted by atomic mass is 35.5. The number of sulfonamides is 1. The summed E-state index contributed by atoms with van der Waals surface area (Å²) in [5, 5.41) is 3.20. The number of amides is 1. The lowest BCUT2D eigenvalue weighted by molar-refractivity contribution is 0.0656. The number of benzene rings is 2. The summed E-state index contributed by atoms with van der Waals surface area (Å²) in [5.74, 6) is -2.58. The Bertz CT molecular complexity index is 972. The monoisotopic (exact) mass is 431 g/mol. The first-order chi connectivity index (χ1) is 12.8. The van der Waals surface area contributed by atoms with Gasteiger partial charge in [0.05, 0.1) is 4.90 Å². The number of nitrogens with zero attached hydrogens (tertiary/aromatic N) is 1. The Labute approximate surface area is 168 Å². The average molecular weight is 432 g/mol. The van der Waals surface area contributed by atoms with Gasteiger partial charge in [0, 0.05) is 36.9 Å². The van der Waals surface area contributed by atoms with Crippen molar-refractivity contribution in [2.75, 3.05) is 24.4 Å². The van der Waals surface area contributed by atoms with Crippen LogP contribution in [0.15, 0.2) is 47.4 Å². The van der Waals surface area contributed by atoms with Crippen molar-refractivity contribution in [1.82, 2.24) is 10.2 Å². The molecule has 0 aromatic heterocycles. The molecule has 2 N–H and O–H groups in total. The molecule has 0 aliphatic carbocycles. The van der Waals surface area contributed by atoms with Crippen molar-refractivity contribution in [1.29, 1.82) is 0 Å². The summed E-state index contributed by atoms with van der Waals surface area (Å²) in [4.78, 5) is 14.0. The molecule has 3 rings (SSSR count). The summed E-state index contributed by atoms with van der Waals surface area (Å²) in [5.41, 5.74) is 0.502. The average Bonchev–Trinajstić information content (AvgIpc) is 2.63. The molecule has 1 saturated heterocycles. The van der Waals surface area contributed by atoms with E-state index in [-0.39, 0.29) is 30.0 Å². The zero-order valence-corrected chi connectivity index (χ0v) is 16.6. The van der Waals surface area contributed by atoms with Gasteiger partial charge >= 0.3 is 0 Å². The fourth-order valence-electron chi connectivity index (χ4n) is 2.88. The molecule has 1 atom stereocenters. The van der Waals surface area contributed by atoms with Crippen LogP contribution in [0.5, 0.6) is 0 Å². The quantitative estimate of drug-likeness (QED) is 0.780. The topological polar surface area (TPSA) is 78.5 Å². The maximum absolute atomic E-state index is 13.3. The molecule has 152 valence electrons. The first-order valence-electron chi connectivity index (χ1n) is 8.37. The first kappa shape index (κ1) is 22.1. The molecule has 0 radical (unpaired) electrons. The highest BCUT2D eigenvalue weighted by Gasteiger charge is 2.24. The Morgan fingerprint density at radius 1 is 1.18 bits per heavy atom. The first-order valence-corrected chi connectivity index (χ1v) is 9.86. The number of anilines is 1. The van der Waals surface area contributed by atoms with Gasteiger partial charge in [-0.05, 0) is 43.3 Å². The predicted octanol–water partition coefficient (Wildman–Crippen LogP) is 2.62. The van der Waals surface area contributed by atoms with E-state index in [9.17, 15) is 22.0 Å². The molecule has 1 amide bonds. The van der Waals surface area contributed by atoms with Crippen molar-refractivity contribution >= 4 is 34.0 Å². The smallest absolute Gasteiger partial charge is 0.261 e. The van der Waals surface area contributed by atoms with Crippen LogP contribution < -0.4 is 10.0 Å². The maximum atomic E-state index is 13.3. The number of hydrogen-bond donors (Lipinski definition) is 2. The molecule has 0 saturated carbocycles. The van der Waals surface area contributed by atoms with Crippen molar-refractivity contribution in [3.05, 3.63) is 59.7 Å². The van der Waals surface area contributed by atoms with Crippen LogP contribution in [0.4, 0.5) is 14.5 Å². The van der Waals surface area contributed by atoms with Crippen molar-refractivity contribution in [3.63, 3.8) is 0 Å². The van der Waals surface area contributed by atoms with Crippen LogP contribution >= 0.6 is 12.4 Å². The number of halogens is 3. The molecular weight excluding hydrogens is 412 g/mol. The maximum Gasteiger partial charge on any atom is 0.261 e. The largest absolute Gasteiger partial charge is 0.333 e. The minimum atomic E-state index is -4.12. The molecule has 0 bridgehead atoms. The van der Waals surface area contributed by atoms with Gasteiger partial charge in [0.2, 0.25) is 0 Å². The third-order valence-corrected chi connectivity index (χ3v) is 5.70. The zero-order valence-electron chi connectivity index (χ0n) is 15.0. The van der Waals surface area contributed by atoms with Gasteiger partial charge in [-0.15, -0.1) is 12.4 Å². The van der Waals surface area contributed by atoms with Gasteiger partial charge < -0.3 is 10.2 Å². The number of hydrogen-bond acceptors (Lipinski definition) is 4. The number of carbonyl (C=O) groups excluding carboxylic acids is 1. The SMILES string of the molecule is C[C@H]1CNCCN1C(=O)c1cccc(NS(=O)(=O)c2ccc(F)c(F)c2)c1.Cl. The second-order valence-corrected chi connectivity index (χ2v) is 8.00. The molecule has 6 nitrogen and oxygen atoms in total. The normalized spacial score (nSPS) is 17.0. The van der Waals surface area contributed by atoms with Crippen molar-refractivity contribution in [2.24, 2.45) is 0 Å². The predicted molar refractivity (Wildman–Crippen MR) is 104 cm³/mol. The third-order valence-electron chi connectivity index (χ3n) is 4.33. The van der Waals surface area contributed by atoms with E-state index in [1.54, 1.807) is 17.0 Å². The van der Waals surface area contributed by atoms with E-state index < -0.39 is 26.6 Å². The van der Waals surface area contributed by atoms with Crippen LogP contribution in [0.2, 0.25) is 0 Å². The molecule has 0 spiro atoms. The number of carbonyl (C=O) groups is 1. The van der Waals surface area contributed by atoms with Crippen molar-refractivity contribution in [3.8, 4) is 0 Å². The van der Waals surface area contributed by atoms with E-state index in [1.165, 1.54) is 12.1 Å². The molecule has 28 heavy (non-hydrogen) atoms. The number of nitrogens with one attached hydrogen (secondary N) is 2. The standard InChI is InChI=1S/C18H19F2N3O3S.ClH/c1-12-11-21-7-8-23(12)18(24)13-3-2-4-14(9-13)22-27(25,26)15-5-6-16(19)17(20)10-15;/h2-6,9-10,12,21-22H,7-8,11H2,1H3;1H/t12-;/m0./s1. The summed E-state index contributed by atoms with van der Waals surface area (Å²) >= 11 is 0. The lowest BCUT2D eigenvalue weighted by Gasteiger charge is -2.34. The van der Waals surface area contributed by atoms with Crippen molar-refractivity contribution < 1.29 is 22.0 Å². The number of rotatable bonds is 4. The van der Waals surface area contributed by atoms with Crippen LogP contribution in [0.3, 0.4) is 0 Å². The minimum absolute atomic E-state index is 0.